The van der Waals surface area contributed by atoms with Gasteiger partial charge in [0.25, 0.3) is 0 Å². The molecule has 0 spiro atoms. The molecule has 0 radical (unpaired) electrons. The monoisotopic (exact) mass is 380 g/mol. The first-order chi connectivity index (χ1) is 12.8. The van der Waals surface area contributed by atoms with Crippen molar-refractivity contribution in [2.75, 3.05) is 0 Å². The number of aromatic nitrogens is 2. The third-order valence-corrected chi connectivity index (χ3v) is 5.16. The third-order valence-electron chi connectivity index (χ3n) is 5.16. The van der Waals surface area contributed by atoms with Crippen LogP contribution >= 0.6 is 0 Å². The van der Waals surface area contributed by atoms with E-state index >= 15 is 0 Å². The van der Waals surface area contributed by atoms with Crippen LogP contribution in [-0.2, 0) is 9.53 Å². The molecule has 0 saturated heterocycles. The molecule has 5 heteroatoms. The summed E-state index contributed by atoms with van der Waals surface area (Å²) in [5.74, 6) is -0.243. The SMILES string of the molecule is CCCCCCCC(O)(CCC)CC[C@@H](C(=O)OC(C)C)n1cncc1C. The Hall–Kier alpha value is -1.36. The molecule has 1 aromatic heterocycles. The van der Waals surface area contributed by atoms with Crippen molar-refractivity contribution in [3.63, 3.8) is 0 Å². The molecule has 0 aliphatic carbocycles. The summed E-state index contributed by atoms with van der Waals surface area (Å²) < 4.78 is 7.35. The van der Waals surface area contributed by atoms with Gasteiger partial charge < -0.3 is 14.4 Å². The zero-order chi connectivity index (χ0) is 20.3. The lowest BCUT2D eigenvalue weighted by Gasteiger charge is -2.30. The van der Waals surface area contributed by atoms with Crippen molar-refractivity contribution in [1.82, 2.24) is 9.55 Å². The van der Waals surface area contributed by atoms with Crippen molar-refractivity contribution < 1.29 is 14.6 Å². The van der Waals surface area contributed by atoms with Crippen LogP contribution in [0.4, 0.5) is 0 Å². The van der Waals surface area contributed by atoms with Gasteiger partial charge in [0.2, 0.25) is 0 Å². The van der Waals surface area contributed by atoms with E-state index in [4.69, 9.17) is 4.74 Å². The van der Waals surface area contributed by atoms with Crippen molar-refractivity contribution in [1.29, 1.82) is 0 Å². The van der Waals surface area contributed by atoms with E-state index in [0.29, 0.717) is 12.8 Å². The van der Waals surface area contributed by atoms with Gasteiger partial charge >= 0.3 is 5.97 Å². The number of unbranched alkanes of at least 4 members (excludes halogenated alkanes) is 4. The molecule has 0 aliphatic heterocycles. The van der Waals surface area contributed by atoms with Crippen molar-refractivity contribution in [3.05, 3.63) is 18.2 Å². The smallest absolute Gasteiger partial charge is 0.329 e. The van der Waals surface area contributed by atoms with Crippen molar-refractivity contribution in [3.8, 4) is 0 Å². The highest BCUT2D eigenvalue weighted by molar-refractivity contribution is 5.74. The summed E-state index contributed by atoms with van der Waals surface area (Å²) in [5, 5.41) is 11.2. The average Bonchev–Trinajstić information content (AvgIpc) is 3.00. The molecule has 0 bridgehead atoms. The van der Waals surface area contributed by atoms with Gasteiger partial charge in [0.05, 0.1) is 18.0 Å². The molecule has 0 saturated carbocycles. The maximum absolute atomic E-state index is 12.7. The van der Waals surface area contributed by atoms with E-state index in [2.05, 4.69) is 18.8 Å². The van der Waals surface area contributed by atoms with Crippen LogP contribution in [-0.4, -0.2) is 32.3 Å². The topological polar surface area (TPSA) is 64.3 Å². The van der Waals surface area contributed by atoms with Gasteiger partial charge in [-0.1, -0.05) is 52.4 Å². The van der Waals surface area contributed by atoms with E-state index in [1.54, 1.807) is 12.5 Å². The largest absolute Gasteiger partial charge is 0.461 e. The second-order valence-electron chi connectivity index (χ2n) is 8.12. The van der Waals surface area contributed by atoms with Crippen LogP contribution in [0.5, 0.6) is 0 Å². The lowest BCUT2D eigenvalue weighted by atomic mass is 9.85. The van der Waals surface area contributed by atoms with E-state index in [-0.39, 0.29) is 12.1 Å². The van der Waals surface area contributed by atoms with Crippen LogP contribution in [0.2, 0.25) is 0 Å². The highest BCUT2D eigenvalue weighted by Gasteiger charge is 2.31. The Balaban J connectivity index is 2.76. The van der Waals surface area contributed by atoms with Crippen LogP contribution in [0.1, 0.15) is 104 Å². The number of aryl methyl sites for hydroxylation is 1. The average molecular weight is 381 g/mol. The number of hydrogen-bond donors (Lipinski definition) is 1. The molecule has 1 unspecified atom stereocenters. The summed E-state index contributed by atoms with van der Waals surface area (Å²) in [6.07, 6.45) is 12.9. The van der Waals surface area contributed by atoms with E-state index in [9.17, 15) is 9.90 Å². The second kappa shape index (κ2) is 12.2. The molecular formula is C22H40N2O3. The summed E-state index contributed by atoms with van der Waals surface area (Å²) in [4.78, 5) is 16.8. The van der Waals surface area contributed by atoms with Gasteiger partial charge in [-0.05, 0) is 46.5 Å². The number of carbonyl (C=O) groups is 1. The molecule has 156 valence electrons. The van der Waals surface area contributed by atoms with Crippen molar-refractivity contribution >= 4 is 5.97 Å². The first kappa shape index (κ1) is 23.7. The number of rotatable bonds is 14. The molecule has 0 amide bonds. The standard InChI is InChI=1S/C22H40N2O3/c1-6-8-9-10-11-14-22(26,13-7-2)15-12-20(21(25)27-18(3)4)24-17-23-16-19(24)5/h16-18,20,26H,6-15H2,1-5H3/t20-,22?/m0/s1. The van der Waals surface area contributed by atoms with Gasteiger partial charge in [-0.15, -0.1) is 0 Å². The first-order valence-corrected chi connectivity index (χ1v) is 10.7. The molecule has 0 aromatic carbocycles. The number of nitrogens with zero attached hydrogens (tertiary/aromatic N) is 2. The van der Waals surface area contributed by atoms with Gasteiger partial charge in [-0.25, -0.2) is 9.78 Å². The number of ether oxygens (including phenoxy) is 1. The molecule has 1 rings (SSSR count). The Morgan fingerprint density at radius 2 is 1.85 bits per heavy atom. The van der Waals surface area contributed by atoms with Crippen LogP contribution < -0.4 is 0 Å². The molecule has 1 heterocycles. The van der Waals surface area contributed by atoms with Crippen LogP contribution in [0.25, 0.3) is 0 Å². The number of aliphatic hydroxyl groups is 1. The predicted molar refractivity (Wildman–Crippen MR) is 110 cm³/mol. The quantitative estimate of drug-likeness (QED) is 0.349. The minimum Gasteiger partial charge on any atom is -0.461 e. The molecule has 1 aromatic rings. The fourth-order valence-corrected chi connectivity index (χ4v) is 3.68. The maximum atomic E-state index is 12.7. The van der Waals surface area contributed by atoms with Crippen molar-refractivity contribution in [2.24, 2.45) is 0 Å². The summed E-state index contributed by atoms with van der Waals surface area (Å²) in [6.45, 7) is 9.97. The first-order valence-electron chi connectivity index (χ1n) is 10.7. The summed E-state index contributed by atoms with van der Waals surface area (Å²) >= 11 is 0. The lowest BCUT2D eigenvalue weighted by molar-refractivity contribution is -0.152. The maximum Gasteiger partial charge on any atom is 0.329 e. The molecule has 0 aliphatic rings. The highest BCUT2D eigenvalue weighted by Crippen LogP contribution is 2.30. The Bertz CT molecular complexity index is 541. The number of carbonyl (C=O) groups excluding carboxylic acids is 1. The molecule has 5 nitrogen and oxygen atoms in total. The molecule has 0 fully saturated rings. The van der Waals surface area contributed by atoms with Gasteiger partial charge in [-0.2, -0.15) is 0 Å². The van der Waals surface area contributed by atoms with Crippen LogP contribution in [0.3, 0.4) is 0 Å². The van der Waals surface area contributed by atoms with Crippen LogP contribution in [0, 0.1) is 6.92 Å². The van der Waals surface area contributed by atoms with E-state index in [1.165, 1.54) is 25.7 Å². The fraction of sp³-hybridized carbons (Fsp3) is 0.818. The van der Waals surface area contributed by atoms with Gasteiger partial charge in [0.1, 0.15) is 6.04 Å². The molecular weight excluding hydrogens is 340 g/mol. The zero-order valence-electron chi connectivity index (χ0n) is 18.0. The summed E-state index contributed by atoms with van der Waals surface area (Å²) in [7, 11) is 0. The van der Waals surface area contributed by atoms with E-state index in [1.807, 2.05) is 25.3 Å². The minimum absolute atomic E-state index is 0.156. The number of esters is 1. The Morgan fingerprint density at radius 3 is 2.41 bits per heavy atom. The normalized spacial score (nSPS) is 14.9. The van der Waals surface area contributed by atoms with Crippen LogP contribution in [0.15, 0.2) is 12.5 Å². The molecule has 1 N–H and O–H groups in total. The minimum atomic E-state index is -0.703. The predicted octanol–water partition coefficient (Wildman–Crippen LogP) is 5.36. The number of imidazole rings is 1. The molecule has 2 atom stereocenters. The summed E-state index contributed by atoms with van der Waals surface area (Å²) in [6, 6.07) is -0.432. The van der Waals surface area contributed by atoms with E-state index < -0.39 is 11.6 Å². The Kier molecular flexibility index (Phi) is 10.7. The van der Waals surface area contributed by atoms with Gasteiger partial charge in [0.15, 0.2) is 0 Å². The second-order valence-corrected chi connectivity index (χ2v) is 8.12. The fourth-order valence-electron chi connectivity index (χ4n) is 3.68. The highest BCUT2D eigenvalue weighted by atomic mass is 16.5. The van der Waals surface area contributed by atoms with Gasteiger partial charge in [0, 0.05) is 11.9 Å². The number of hydrogen-bond acceptors (Lipinski definition) is 4. The lowest BCUT2D eigenvalue weighted by Crippen LogP contribution is -2.32. The Morgan fingerprint density at radius 1 is 1.15 bits per heavy atom. The molecule has 27 heavy (non-hydrogen) atoms. The van der Waals surface area contributed by atoms with Gasteiger partial charge in [-0.3, -0.25) is 0 Å². The zero-order valence-corrected chi connectivity index (χ0v) is 18.0. The van der Waals surface area contributed by atoms with E-state index in [0.717, 1.165) is 31.4 Å². The third kappa shape index (κ3) is 8.46. The van der Waals surface area contributed by atoms with Crippen molar-refractivity contribution in [2.45, 2.75) is 117 Å². The Labute approximate surface area is 165 Å². The summed E-state index contributed by atoms with van der Waals surface area (Å²) in [5.41, 5.74) is 0.227.